The molecular weight excluding hydrogens is 260 g/mol. The van der Waals surface area contributed by atoms with Crippen molar-refractivity contribution in [3.05, 3.63) is 23.8 Å². The van der Waals surface area contributed by atoms with Crippen LogP contribution >= 0.6 is 0 Å². The molecule has 1 saturated heterocycles. The summed E-state index contributed by atoms with van der Waals surface area (Å²) in [6.07, 6.45) is 0.121. The summed E-state index contributed by atoms with van der Waals surface area (Å²) in [6.45, 7) is 5.38. The van der Waals surface area contributed by atoms with Crippen molar-refractivity contribution < 1.29 is 19.1 Å². The van der Waals surface area contributed by atoms with E-state index < -0.39 is 5.97 Å². The van der Waals surface area contributed by atoms with E-state index in [-0.39, 0.29) is 17.7 Å². The molecule has 1 aromatic carbocycles. The number of aromatic nitrogens is 1. The number of fused-ring (bicyclic) bond motifs is 1. The standard InChI is InChI=1S/C14H16N2O4/c1-8-7-19-9(2)6-16(8)14-15-11-4-3-10(13(17)18)5-12(11)20-14/h3-5,8-9H,6-7H2,1-2H3,(H,17,18). The molecule has 1 aliphatic rings. The summed E-state index contributed by atoms with van der Waals surface area (Å²) in [5.74, 6) is -0.974. The fourth-order valence-electron chi connectivity index (χ4n) is 2.34. The van der Waals surface area contributed by atoms with E-state index >= 15 is 0 Å². The number of carboxylic acids is 1. The Morgan fingerprint density at radius 3 is 3.00 bits per heavy atom. The average molecular weight is 276 g/mol. The predicted octanol–water partition coefficient (Wildman–Crippen LogP) is 2.14. The molecule has 1 aromatic heterocycles. The SMILES string of the molecule is CC1CN(c2nc3ccc(C(=O)O)cc3o2)C(C)CO1. The third-order valence-corrected chi connectivity index (χ3v) is 3.48. The molecule has 20 heavy (non-hydrogen) atoms. The quantitative estimate of drug-likeness (QED) is 0.905. The molecule has 0 bridgehead atoms. The number of hydrogen-bond donors (Lipinski definition) is 1. The zero-order valence-corrected chi connectivity index (χ0v) is 11.4. The number of carbonyl (C=O) groups is 1. The van der Waals surface area contributed by atoms with Gasteiger partial charge in [0.1, 0.15) is 5.52 Å². The molecule has 1 N–H and O–H groups in total. The smallest absolute Gasteiger partial charge is 0.335 e. The van der Waals surface area contributed by atoms with Crippen molar-refractivity contribution in [3.8, 4) is 0 Å². The van der Waals surface area contributed by atoms with Crippen molar-refractivity contribution in [1.82, 2.24) is 4.98 Å². The highest BCUT2D eigenvalue weighted by molar-refractivity contribution is 5.92. The zero-order chi connectivity index (χ0) is 14.3. The van der Waals surface area contributed by atoms with E-state index in [0.29, 0.717) is 30.3 Å². The van der Waals surface area contributed by atoms with Crippen molar-refractivity contribution in [2.24, 2.45) is 0 Å². The van der Waals surface area contributed by atoms with Crippen LogP contribution in [0.2, 0.25) is 0 Å². The van der Waals surface area contributed by atoms with Crippen molar-refractivity contribution >= 4 is 23.1 Å². The normalized spacial score (nSPS) is 23.2. The molecule has 2 atom stereocenters. The Labute approximate surface area is 116 Å². The van der Waals surface area contributed by atoms with Gasteiger partial charge in [-0.25, -0.2) is 4.79 Å². The van der Waals surface area contributed by atoms with Crippen LogP contribution in [0.25, 0.3) is 11.1 Å². The first kappa shape index (κ1) is 12.9. The minimum absolute atomic E-state index is 0.121. The Morgan fingerprint density at radius 1 is 1.45 bits per heavy atom. The lowest BCUT2D eigenvalue weighted by Gasteiger charge is -2.35. The summed E-state index contributed by atoms with van der Waals surface area (Å²) < 4.78 is 11.3. The monoisotopic (exact) mass is 276 g/mol. The second kappa shape index (κ2) is 4.79. The Hall–Kier alpha value is -2.08. The molecule has 0 radical (unpaired) electrons. The van der Waals surface area contributed by atoms with Gasteiger partial charge in [0.25, 0.3) is 6.01 Å². The number of aromatic carboxylic acids is 1. The molecule has 6 heteroatoms. The third kappa shape index (κ3) is 2.22. The number of ether oxygens (including phenoxy) is 1. The van der Waals surface area contributed by atoms with Crippen LogP contribution in [0.3, 0.4) is 0 Å². The van der Waals surface area contributed by atoms with Crippen molar-refractivity contribution in [2.45, 2.75) is 26.0 Å². The van der Waals surface area contributed by atoms with Gasteiger partial charge in [0.05, 0.1) is 24.3 Å². The first-order valence-electron chi connectivity index (χ1n) is 6.56. The van der Waals surface area contributed by atoms with Gasteiger partial charge in [-0.1, -0.05) is 0 Å². The van der Waals surface area contributed by atoms with Crippen LogP contribution < -0.4 is 4.90 Å². The van der Waals surface area contributed by atoms with E-state index in [4.69, 9.17) is 14.3 Å². The van der Waals surface area contributed by atoms with Gasteiger partial charge >= 0.3 is 5.97 Å². The highest BCUT2D eigenvalue weighted by atomic mass is 16.5. The number of hydrogen-bond acceptors (Lipinski definition) is 5. The van der Waals surface area contributed by atoms with E-state index in [1.54, 1.807) is 6.07 Å². The van der Waals surface area contributed by atoms with Crippen LogP contribution in [-0.4, -0.2) is 41.4 Å². The van der Waals surface area contributed by atoms with Crippen LogP contribution in [0.4, 0.5) is 6.01 Å². The number of carboxylic acid groups (broad SMARTS) is 1. The Balaban J connectivity index is 1.97. The first-order valence-corrected chi connectivity index (χ1v) is 6.56. The maximum absolute atomic E-state index is 11.0. The molecule has 6 nitrogen and oxygen atoms in total. The van der Waals surface area contributed by atoms with Gasteiger partial charge in [-0.05, 0) is 32.0 Å². The third-order valence-electron chi connectivity index (χ3n) is 3.48. The number of oxazole rings is 1. The van der Waals surface area contributed by atoms with E-state index in [1.165, 1.54) is 12.1 Å². The molecule has 2 heterocycles. The van der Waals surface area contributed by atoms with E-state index in [1.807, 2.05) is 13.8 Å². The number of morpholine rings is 1. The average Bonchev–Trinajstić information content (AvgIpc) is 2.83. The second-order valence-electron chi connectivity index (χ2n) is 5.13. The Bertz CT molecular complexity index is 652. The predicted molar refractivity (Wildman–Crippen MR) is 73.2 cm³/mol. The van der Waals surface area contributed by atoms with E-state index in [9.17, 15) is 4.79 Å². The molecule has 0 spiro atoms. The van der Waals surface area contributed by atoms with Crippen molar-refractivity contribution in [2.75, 3.05) is 18.1 Å². The lowest BCUT2D eigenvalue weighted by Crippen LogP contribution is -2.47. The maximum atomic E-state index is 11.0. The van der Waals surface area contributed by atoms with Crippen LogP contribution in [0.1, 0.15) is 24.2 Å². The molecule has 0 amide bonds. The molecular formula is C14H16N2O4. The maximum Gasteiger partial charge on any atom is 0.335 e. The van der Waals surface area contributed by atoms with E-state index in [2.05, 4.69) is 9.88 Å². The molecule has 3 rings (SSSR count). The Morgan fingerprint density at radius 2 is 2.25 bits per heavy atom. The second-order valence-corrected chi connectivity index (χ2v) is 5.13. The summed E-state index contributed by atoms with van der Waals surface area (Å²) in [5, 5.41) is 8.99. The van der Waals surface area contributed by atoms with Crippen LogP contribution in [-0.2, 0) is 4.74 Å². The Kier molecular flexibility index (Phi) is 3.10. The lowest BCUT2D eigenvalue weighted by atomic mass is 10.2. The molecule has 2 unspecified atom stereocenters. The fourth-order valence-corrected chi connectivity index (χ4v) is 2.34. The number of rotatable bonds is 2. The molecule has 0 saturated carbocycles. The summed E-state index contributed by atoms with van der Waals surface area (Å²) in [6, 6.07) is 5.40. The van der Waals surface area contributed by atoms with Gasteiger partial charge in [-0.2, -0.15) is 4.98 Å². The largest absolute Gasteiger partial charge is 0.478 e. The lowest BCUT2D eigenvalue weighted by molar-refractivity contribution is 0.0324. The summed E-state index contributed by atoms with van der Waals surface area (Å²) in [7, 11) is 0. The van der Waals surface area contributed by atoms with Crippen molar-refractivity contribution in [3.63, 3.8) is 0 Å². The van der Waals surface area contributed by atoms with Gasteiger partial charge in [0.15, 0.2) is 5.58 Å². The minimum Gasteiger partial charge on any atom is -0.478 e. The zero-order valence-electron chi connectivity index (χ0n) is 11.4. The first-order chi connectivity index (χ1) is 9.54. The van der Waals surface area contributed by atoms with Gasteiger partial charge < -0.3 is 19.2 Å². The van der Waals surface area contributed by atoms with Crippen LogP contribution in [0, 0.1) is 0 Å². The van der Waals surface area contributed by atoms with Crippen molar-refractivity contribution in [1.29, 1.82) is 0 Å². The van der Waals surface area contributed by atoms with E-state index in [0.717, 1.165) is 0 Å². The molecule has 2 aromatic rings. The molecule has 106 valence electrons. The number of anilines is 1. The van der Waals surface area contributed by atoms with Gasteiger partial charge in [0, 0.05) is 6.54 Å². The number of nitrogens with zero attached hydrogens (tertiary/aromatic N) is 2. The minimum atomic E-state index is -0.974. The summed E-state index contributed by atoms with van der Waals surface area (Å²) >= 11 is 0. The molecule has 1 fully saturated rings. The van der Waals surface area contributed by atoms with Crippen LogP contribution in [0.5, 0.6) is 0 Å². The van der Waals surface area contributed by atoms with Crippen LogP contribution in [0.15, 0.2) is 22.6 Å². The topological polar surface area (TPSA) is 75.8 Å². The highest BCUT2D eigenvalue weighted by Gasteiger charge is 2.27. The van der Waals surface area contributed by atoms with Gasteiger partial charge in [0.2, 0.25) is 0 Å². The number of benzene rings is 1. The molecule has 0 aliphatic carbocycles. The molecule has 1 aliphatic heterocycles. The highest BCUT2D eigenvalue weighted by Crippen LogP contribution is 2.26. The summed E-state index contributed by atoms with van der Waals surface area (Å²) in [4.78, 5) is 17.4. The van der Waals surface area contributed by atoms with Gasteiger partial charge in [-0.3, -0.25) is 0 Å². The summed E-state index contributed by atoms with van der Waals surface area (Å²) in [5.41, 5.74) is 1.35. The fraction of sp³-hybridized carbons (Fsp3) is 0.429. The van der Waals surface area contributed by atoms with Gasteiger partial charge in [-0.15, -0.1) is 0 Å².